The largest absolute Gasteiger partial charge is 0.508 e. The SMILES string of the molecule is Cc1ccc(O)c(CN2CCNCC2)c1C. The van der Waals surface area contributed by atoms with E-state index in [-0.39, 0.29) is 0 Å². The molecule has 0 saturated carbocycles. The molecule has 0 bridgehead atoms. The van der Waals surface area contributed by atoms with Gasteiger partial charge in [-0.1, -0.05) is 6.07 Å². The lowest BCUT2D eigenvalue weighted by Crippen LogP contribution is -2.43. The molecule has 88 valence electrons. The van der Waals surface area contributed by atoms with Crippen LogP contribution in [0.2, 0.25) is 0 Å². The van der Waals surface area contributed by atoms with Crippen molar-refractivity contribution in [2.75, 3.05) is 26.2 Å². The van der Waals surface area contributed by atoms with E-state index in [0.29, 0.717) is 5.75 Å². The van der Waals surface area contributed by atoms with Gasteiger partial charge in [-0.3, -0.25) is 4.90 Å². The van der Waals surface area contributed by atoms with Gasteiger partial charge in [-0.2, -0.15) is 0 Å². The Labute approximate surface area is 97.1 Å². The average Bonchev–Trinajstić information content (AvgIpc) is 2.31. The molecular weight excluding hydrogens is 200 g/mol. The number of hydrogen-bond donors (Lipinski definition) is 2. The van der Waals surface area contributed by atoms with Crippen LogP contribution in [-0.2, 0) is 6.54 Å². The second-order valence-corrected chi connectivity index (χ2v) is 4.53. The van der Waals surface area contributed by atoms with Crippen LogP contribution in [0.3, 0.4) is 0 Å². The zero-order chi connectivity index (χ0) is 11.5. The first-order chi connectivity index (χ1) is 7.68. The highest BCUT2D eigenvalue weighted by molar-refractivity contribution is 5.43. The summed E-state index contributed by atoms with van der Waals surface area (Å²) in [5.41, 5.74) is 3.56. The van der Waals surface area contributed by atoms with Crippen molar-refractivity contribution in [1.29, 1.82) is 0 Å². The minimum Gasteiger partial charge on any atom is -0.508 e. The quantitative estimate of drug-likeness (QED) is 0.791. The highest BCUT2D eigenvalue weighted by atomic mass is 16.3. The van der Waals surface area contributed by atoms with Gasteiger partial charge in [-0.25, -0.2) is 0 Å². The van der Waals surface area contributed by atoms with Gasteiger partial charge in [0.05, 0.1) is 0 Å². The monoisotopic (exact) mass is 220 g/mol. The molecule has 1 saturated heterocycles. The fourth-order valence-corrected chi connectivity index (χ4v) is 2.15. The molecular formula is C13H20N2O. The van der Waals surface area contributed by atoms with E-state index in [2.05, 4.69) is 24.1 Å². The Balaban J connectivity index is 2.16. The summed E-state index contributed by atoms with van der Waals surface area (Å²) >= 11 is 0. The molecule has 1 aromatic carbocycles. The number of nitrogens with zero attached hydrogens (tertiary/aromatic N) is 1. The lowest BCUT2D eigenvalue weighted by Gasteiger charge is -2.28. The van der Waals surface area contributed by atoms with Gasteiger partial charge >= 0.3 is 0 Å². The maximum atomic E-state index is 9.90. The van der Waals surface area contributed by atoms with E-state index in [1.165, 1.54) is 11.1 Å². The van der Waals surface area contributed by atoms with E-state index in [4.69, 9.17) is 0 Å². The molecule has 0 amide bonds. The number of phenolic OH excluding ortho intramolecular Hbond substituents is 1. The Morgan fingerprint density at radius 2 is 1.94 bits per heavy atom. The Morgan fingerprint density at radius 3 is 2.62 bits per heavy atom. The van der Waals surface area contributed by atoms with Crippen LogP contribution in [-0.4, -0.2) is 36.2 Å². The van der Waals surface area contributed by atoms with Crippen molar-refractivity contribution in [2.45, 2.75) is 20.4 Å². The minimum atomic E-state index is 0.432. The van der Waals surface area contributed by atoms with Gasteiger partial charge in [-0.05, 0) is 31.0 Å². The van der Waals surface area contributed by atoms with Gasteiger partial charge in [-0.15, -0.1) is 0 Å². The summed E-state index contributed by atoms with van der Waals surface area (Å²) in [5.74, 6) is 0.432. The molecule has 3 heteroatoms. The van der Waals surface area contributed by atoms with Crippen molar-refractivity contribution in [1.82, 2.24) is 10.2 Å². The summed E-state index contributed by atoms with van der Waals surface area (Å²) in [6, 6.07) is 3.78. The Morgan fingerprint density at radius 1 is 1.25 bits per heavy atom. The number of benzene rings is 1. The number of nitrogens with one attached hydrogen (secondary N) is 1. The number of phenols is 1. The number of aromatic hydroxyl groups is 1. The molecule has 2 rings (SSSR count). The first-order valence-corrected chi connectivity index (χ1v) is 5.89. The van der Waals surface area contributed by atoms with Crippen LogP contribution in [0.25, 0.3) is 0 Å². The normalized spacial score (nSPS) is 17.6. The third-order valence-electron chi connectivity index (χ3n) is 3.44. The maximum Gasteiger partial charge on any atom is 0.120 e. The summed E-state index contributed by atoms with van der Waals surface area (Å²) in [4.78, 5) is 2.39. The molecule has 0 aromatic heterocycles. The fraction of sp³-hybridized carbons (Fsp3) is 0.538. The van der Waals surface area contributed by atoms with Gasteiger partial charge in [0, 0.05) is 38.3 Å². The first kappa shape index (κ1) is 11.4. The molecule has 1 heterocycles. The Hall–Kier alpha value is -1.06. The van der Waals surface area contributed by atoms with Gasteiger partial charge in [0.1, 0.15) is 5.75 Å². The van der Waals surface area contributed by atoms with Crippen LogP contribution < -0.4 is 5.32 Å². The fourth-order valence-electron chi connectivity index (χ4n) is 2.15. The van der Waals surface area contributed by atoms with Crippen LogP contribution in [0.15, 0.2) is 12.1 Å². The summed E-state index contributed by atoms with van der Waals surface area (Å²) < 4.78 is 0. The third-order valence-corrected chi connectivity index (χ3v) is 3.44. The highest BCUT2D eigenvalue weighted by Crippen LogP contribution is 2.25. The lowest BCUT2D eigenvalue weighted by atomic mass is 10.0. The molecule has 0 radical (unpaired) electrons. The Bertz CT molecular complexity index is 370. The van der Waals surface area contributed by atoms with E-state index in [1.807, 2.05) is 6.07 Å². The number of hydrogen-bond acceptors (Lipinski definition) is 3. The van der Waals surface area contributed by atoms with Crippen molar-refractivity contribution in [3.8, 4) is 5.75 Å². The second kappa shape index (κ2) is 4.85. The molecule has 0 aliphatic carbocycles. The summed E-state index contributed by atoms with van der Waals surface area (Å²) in [5, 5.41) is 13.2. The molecule has 1 fully saturated rings. The maximum absolute atomic E-state index is 9.90. The molecule has 0 spiro atoms. The summed E-state index contributed by atoms with van der Waals surface area (Å²) in [6.07, 6.45) is 0. The molecule has 0 unspecified atom stereocenters. The smallest absolute Gasteiger partial charge is 0.120 e. The summed E-state index contributed by atoms with van der Waals surface area (Å²) in [7, 11) is 0. The third kappa shape index (κ3) is 2.36. The van der Waals surface area contributed by atoms with E-state index in [0.717, 1.165) is 38.3 Å². The lowest BCUT2D eigenvalue weighted by molar-refractivity contribution is 0.230. The minimum absolute atomic E-state index is 0.432. The molecule has 1 aliphatic rings. The topological polar surface area (TPSA) is 35.5 Å². The molecule has 0 atom stereocenters. The van der Waals surface area contributed by atoms with Gasteiger partial charge in [0.15, 0.2) is 0 Å². The second-order valence-electron chi connectivity index (χ2n) is 4.53. The standard InChI is InChI=1S/C13H20N2O/c1-10-3-4-13(16)12(11(10)2)9-15-7-5-14-6-8-15/h3-4,14,16H,5-9H2,1-2H3. The van der Waals surface area contributed by atoms with Gasteiger partial charge < -0.3 is 10.4 Å². The van der Waals surface area contributed by atoms with Crippen LogP contribution in [0, 0.1) is 13.8 Å². The van der Waals surface area contributed by atoms with Gasteiger partial charge in [0.2, 0.25) is 0 Å². The zero-order valence-electron chi connectivity index (χ0n) is 10.1. The molecule has 1 aliphatic heterocycles. The van der Waals surface area contributed by atoms with Gasteiger partial charge in [0.25, 0.3) is 0 Å². The van der Waals surface area contributed by atoms with E-state index in [1.54, 1.807) is 6.07 Å². The molecule has 3 nitrogen and oxygen atoms in total. The van der Waals surface area contributed by atoms with Crippen molar-refractivity contribution < 1.29 is 5.11 Å². The predicted octanol–water partition coefficient (Wildman–Crippen LogP) is 1.41. The van der Waals surface area contributed by atoms with E-state index in [9.17, 15) is 5.11 Å². The number of piperazine rings is 1. The van der Waals surface area contributed by atoms with Crippen LogP contribution in [0.5, 0.6) is 5.75 Å². The first-order valence-electron chi connectivity index (χ1n) is 5.89. The molecule has 1 aromatic rings. The van der Waals surface area contributed by atoms with Crippen molar-refractivity contribution >= 4 is 0 Å². The zero-order valence-corrected chi connectivity index (χ0v) is 10.1. The van der Waals surface area contributed by atoms with Crippen LogP contribution in [0.4, 0.5) is 0 Å². The van der Waals surface area contributed by atoms with Crippen molar-refractivity contribution in [3.63, 3.8) is 0 Å². The Kier molecular flexibility index (Phi) is 3.46. The summed E-state index contributed by atoms with van der Waals surface area (Å²) in [6.45, 7) is 9.26. The van der Waals surface area contributed by atoms with E-state index >= 15 is 0 Å². The van der Waals surface area contributed by atoms with Crippen LogP contribution in [0.1, 0.15) is 16.7 Å². The number of rotatable bonds is 2. The highest BCUT2D eigenvalue weighted by Gasteiger charge is 2.14. The average molecular weight is 220 g/mol. The predicted molar refractivity (Wildman–Crippen MR) is 65.7 cm³/mol. The van der Waals surface area contributed by atoms with E-state index < -0.39 is 0 Å². The van der Waals surface area contributed by atoms with Crippen LogP contribution >= 0.6 is 0 Å². The number of aryl methyl sites for hydroxylation is 1. The molecule has 16 heavy (non-hydrogen) atoms. The van der Waals surface area contributed by atoms with Crippen molar-refractivity contribution in [2.24, 2.45) is 0 Å². The van der Waals surface area contributed by atoms with Crippen molar-refractivity contribution in [3.05, 3.63) is 28.8 Å². The molecule has 2 N–H and O–H groups in total.